The largest absolute Gasteiger partial charge is 0.508 e. The van der Waals surface area contributed by atoms with Crippen molar-refractivity contribution in [2.45, 2.75) is 25.8 Å². The number of Topliss-reactive ketones (excluding diaryl/α,β-unsaturated/α-hetero) is 1. The molecule has 0 saturated carbocycles. The summed E-state index contributed by atoms with van der Waals surface area (Å²) in [5, 5.41) is 31.5. The highest BCUT2D eigenvalue weighted by atomic mass is 16.6. The molecule has 1 amide bonds. The van der Waals surface area contributed by atoms with Crippen molar-refractivity contribution in [3.63, 3.8) is 0 Å². The van der Waals surface area contributed by atoms with Gasteiger partial charge >= 0.3 is 0 Å². The van der Waals surface area contributed by atoms with E-state index in [4.69, 9.17) is 0 Å². The van der Waals surface area contributed by atoms with Gasteiger partial charge in [0.2, 0.25) is 0 Å². The van der Waals surface area contributed by atoms with Gasteiger partial charge in [-0.15, -0.1) is 0 Å². The number of aliphatic hydroxyl groups is 1. The van der Waals surface area contributed by atoms with Crippen molar-refractivity contribution in [2.24, 2.45) is 0 Å². The van der Waals surface area contributed by atoms with Crippen LogP contribution in [0.15, 0.2) is 54.1 Å². The van der Waals surface area contributed by atoms with E-state index in [0.717, 1.165) is 6.42 Å². The molecule has 1 aliphatic rings. The predicted molar refractivity (Wildman–Crippen MR) is 105 cm³/mol. The Balaban J connectivity index is 2.14. The third-order valence-electron chi connectivity index (χ3n) is 4.83. The smallest absolute Gasteiger partial charge is 0.295 e. The summed E-state index contributed by atoms with van der Waals surface area (Å²) >= 11 is 0. The maximum Gasteiger partial charge on any atom is 0.295 e. The number of likely N-dealkylation sites (tertiary alicyclic amines) is 1. The molecule has 0 aromatic heterocycles. The fourth-order valence-electron chi connectivity index (χ4n) is 3.38. The quantitative estimate of drug-likeness (QED) is 0.253. The van der Waals surface area contributed by atoms with Gasteiger partial charge in [-0.25, -0.2) is 0 Å². The molecule has 150 valence electrons. The number of phenolic OH excluding ortho intramolecular Hbond substituents is 1. The Morgan fingerprint density at radius 1 is 1.17 bits per heavy atom. The van der Waals surface area contributed by atoms with E-state index >= 15 is 0 Å². The van der Waals surface area contributed by atoms with Gasteiger partial charge in [0.15, 0.2) is 0 Å². The number of nitro benzene ring substituents is 1. The van der Waals surface area contributed by atoms with Gasteiger partial charge in [0.1, 0.15) is 11.5 Å². The van der Waals surface area contributed by atoms with Gasteiger partial charge in [0, 0.05) is 24.2 Å². The van der Waals surface area contributed by atoms with Crippen LogP contribution in [0.1, 0.15) is 36.9 Å². The molecular weight excluding hydrogens is 376 g/mol. The second-order valence-corrected chi connectivity index (χ2v) is 6.75. The summed E-state index contributed by atoms with van der Waals surface area (Å²) in [5.41, 5.74) is 0.415. The Morgan fingerprint density at radius 3 is 2.45 bits per heavy atom. The van der Waals surface area contributed by atoms with Crippen molar-refractivity contribution >= 4 is 23.1 Å². The highest BCUT2D eigenvalue weighted by Gasteiger charge is 2.45. The van der Waals surface area contributed by atoms with Crippen LogP contribution < -0.4 is 0 Å². The highest BCUT2D eigenvalue weighted by molar-refractivity contribution is 6.46. The molecule has 8 nitrogen and oxygen atoms in total. The number of carbonyl (C=O) groups is 2. The number of nitrogens with zero attached hydrogens (tertiary/aromatic N) is 2. The van der Waals surface area contributed by atoms with E-state index in [1.165, 1.54) is 41.3 Å². The van der Waals surface area contributed by atoms with Gasteiger partial charge in [0.25, 0.3) is 17.4 Å². The van der Waals surface area contributed by atoms with Crippen LogP contribution in [0.3, 0.4) is 0 Å². The molecule has 2 aromatic carbocycles. The summed E-state index contributed by atoms with van der Waals surface area (Å²) in [6.45, 7) is 2.27. The third-order valence-corrected chi connectivity index (χ3v) is 4.83. The zero-order chi connectivity index (χ0) is 21.1. The molecule has 29 heavy (non-hydrogen) atoms. The van der Waals surface area contributed by atoms with Crippen molar-refractivity contribution in [3.05, 3.63) is 75.3 Å². The molecule has 8 heteroatoms. The molecule has 1 unspecified atom stereocenters. The van der Waals surface area contributed by atoms with Crippen LogP contribution in [0.2, 0.25) is 0 Å². The van der Waals surface area contributed by atoms with Gasteiger partial charge in [-0.1, -0.05) is 25.5 Å². The number of amides is 1. The summed E-state index contributed by atoms with van der Waals surface area (Å²) in [5.74, 6) is -2.00. The van der Waals surface area contributed by atoms with Crippen LogP contribution in [-0.2, 0) is 9.59 Å². The minimum atomic E-state index is -0.858. The molecule has 3 rings (SSSR count). The maximum atomic E-state index is 12.8. The average molecular weight is 396 g/mol. The first-order valence-electron chi connectivity index (χ1n) is 9.17. The SMILES string of the molecule is CCCCN1C(=O)C(=O)/C(=C(\O)c2ccc([N+](=O)[O-])cc2)C1c1cccc(O)c1. The van der Waals surface area contributed by atoms with E-state index in [1.807, 2.05) is 6.92 Å². The highest BCUT2D eigenvalue weighted by Crippen LogP contribution is 2.40. The van der Waals surface area contributed by atoms with Crippen LogP contribution in [0.4, 0.5) is 5.69 Å². The Morgan fingerprint density at radius 2 is 1.86 bits per heavy atom. The van der Waals surface area contributed by atoms with E-state index < -0.39 is 28.4 Å². The molecule has 1 atom stereocenters. The number of ketones is 1. The number of aromatic hydroxyl groups is 1. The van der Waals surface area contributed by atoms with Crippen molar-refractivity contribution in [3.8, 4) is 5.75 Å². The minimum Gasteiger partial charge on any atom is -0.508 e. The van der Waals surface area contributed by atoms with Gasteiger partial charge in [-0.2, -0.15) is 0 Å². The van der Waals surface area contributed by atoms with E-state index in [-0.39, 0.29) is 22.6 Å². The molecular formula is C21H20N2O6. The van der Waals surface area contributed by atoms with Crippen LogP contribution in [0.25, 0.3) is 5.76 Å². The summed E-state index contributed by atoms with van der Waals surface area (Å²) in [6.07, 6.45) is 1.47. The lowest BCUT2D eigenvalue weighted by atomic mass is 9.95. The minimum absolute atomic E-state index is 0.0288. The molecule has 0 radical (unpaired) electrons. The van der Waals surface area contributed by atoms with Gasteiger partial charge in [-0.3, -0.25) is 19.7 Å². The number of carbonyl (C=O) groups excluding carboxylic acids is 2. The monoisotopic (exact) mass is 396 g/mol. The summed E-state index contributed by atoms with van der Waals surface area (Å²) in [6, 6.07) is 10.4. The predicted octanol–water partition coefficient (Wildman–Crippen LogP) is 3.52. The van der Waals surface area contributed by atoms with Gasteiger partial charge < -0.3 is 15.1 Å². The Kier molecular flexibility index (Phi) is 5.63. The Labute approximate surface area is 166 Å². The molecule has 0 spiro atoms. The van der Waals surface area contributed by atoms with Crippen LogP contribution in [0, 0.1) is 10.1 Å². The molecule has 1 saturated heterocycles. The second-order valence-electron chi connectivity index (χ2n) is 6.75. The van der Waals surface area contributed by atoms with E-state index in [0.29, 0.717) is 18.5 Å². The number of nitro groups is 1. The standard InChI is InChI=1S/C21H20N2O6/c1-2-3-11-22-18(14-5-4-6-16(24)12-14)17(20(26)21(22)27)19(25)13-7-9-15(10-8-13)23(28)29/h4-10,12,18,24-25H,2-3,11H2,1H3/b19-17-. The number of benzene rings is 2. The summed E-state index contributed by atoms with van der Waals surface area (Å²) in [7, 11) is 0. The molecule has 1 aliphatic heterocycles. The normalized spacial score (nSPS) is 18.2. The number of phenols is 1. The van der Waals surface area contributed by atoms with E-state index in [1.54, 1.807) is 12.1 Å². The summed E-state index contributed by atoms with van der Waals surface area (Å²) < 4.78 is 0. The van der Waals surface area contributed by atoms with Crippen molar-refractivity contribution in [2.75, 3.05) is 6.54 Å². The molecule has 1 heterocycles. The van der Waals surface area contributed by atoms with E-state index in [2.05, 4.69) is 0 Å². The average Bonchev–Trinajstić information content (AvgIpc) is 2.96. The van der Waals surface area contributed by atoms with Crippen molar-refractivity contribution in [1.29, 1.82) is 0 Å². The number of non-ortho nitro benzene ring substituents is 1. The van der Waals surface area contributed by atoms with E-state index in [9.17, 15) is 29.9 Å². The first-order chi connectivity index (χ1) is 13.8. The number of hydrogen-bond donors (Lipinski definition) is 2. The molecule has 0 bridgehead atoms. The Bertz CT molecular complexity index is 996. The molecule has 1 fully saturated rings. The lowest BCUT2D eigenvalue weighted by Gasteiger charge is -2.25. The fraction of sp³-hybridized carbons (Fsp3) is 0.238. The fourth-order valence-corrected chi connectivity index (χ4v) is 3.38. The van der Waals surface area contributed by atoms with Crippen LogP contribution in [0.5, 0.6) is 5.75 Å². The zero-order valence-corrected chi connectivity index (χ0v) is 15.7. The summed E-state index contributed by atoms with van der Waals surface area (Å²) in [4.78, 5) is 37.1. The topological polar surface area (TPSA) is 121 Å². The maximum absolute atomic E-state index is 12.8. The lowest BCUT2D eigenvalue weighted by molar-refractivity contribution is -0.384. The molecule has 2 aromatic rings. The van der Waals surface area contributed by atoms with Gasteiger partial charge in [-0.05, 0) is 36.2 Å². The van der Waals surface area contributed by atoms with Crippen molar-refractivity contribution in [1.82, 2.24) is 4.90 Å². The molecule has 2 N–H and O–H groups in total. The van der Waals surface area contributed by atoms with Crippen LogP contribution >= 0.6 is 0 Å². The number of rotatable bonds is 6. The number of unbranched alkanes of at least 4 members (excludes halogenated alkanes) is 1. The zero-order valence-electron chi connectivity index (χ0n) is 15.7. The number of hydrogen-bond acceptors (Lipinski definition) is 6. The van der Waals surface area contributed by atoms with Crippen molar-refractivity contribution < 1.29 is 24.7 Å². The lowest BCUT2D eigenvalue weighted by Crippen LogP contribution is -2.30. The third kappa shape index (κ3) is 3.82. The first-order valence-corrected chi connectivity index (χ1v) is 9.17. The Hall–Kier alpha value is -3.68. The molecule has 0 aliphatic carbocycles. The number of aliphatic hydroxyl groups excluding tert-OH is 1. The second kappa shape index (κ2) is 8.14. The van der Waals surface area contributed by atoms with Crippen LogP contribution in [-0.4, -0.2) is 38.3 Å². The van der Waals surface area contributed by atoms with Gasteiger partial charge in [0.05, 0.1) is 16.5 Å². The first kappa shape index (κ1) is 20.1.